The first kappa shape index (κ1) is 11.4. The molecule has 0 heterocycles. The Bertz CT molecular complexity index is 433. The van der Waals surface area contributed by atoms with E-state index in [1.807, 2.05) is 0 Å². The Labute approximate surface area is 90.6 Å². The standard InChI is InChI=1S/C7H9BrN2O3S/c1-5-4-6(14(11,12)13)2-3-7(5)9-10-8/h2-4,9-10H,1H3,(H,11,12,13). The summed E-state index contributed by atoms with van der Waals surface area (Å²) < 4.78 is 32.8. The van der Waals surface area contributed by atoms with Gasteiger partial charge in [-0.1, -0.05) is 0 Å². The van der Waals surface area contributed by atoms with Crippen LogP contribution in [-0.4, -0.2) is 13.0 Å². The molecule has 0 fully saturated rings. The molecular formula is C7H9BrN2O3S. The van der Waals surface area contributed by atoms with Gasteiger partial charge in [0.05, 0.1) is 10.6 Å². The van der Waals surface area contributed by atoms with Crippen LogP contribution in [0.4, 0.5) is 5.69 Å². The molecule has 0 aliphatic heterocycles. The Morgan fingerprint density at radius 3 is 2.50 bits per heavy atom. The van der Waals surface area contributed by atoms with Crippen LogP contribution < -0.4 is 9.88 Å². The molecule has 0 amide bonds. The van der Waals surface area contributed by atoms with Crippen LogP contribution in [0.2, 0.25) is 0 Å². The Kier molecular flexibility index (Phi) is 3.48. The second kappa shape index (κ2) is 4.26. The molecule has 0 saturated carbocycles. The van der Waals surface area contributed by atoms with Crippen molar-refractivity contribution < 1.29 is 13.0 Å². The van der Waals surface area contributed by atoms with E-state index in [9.17, 15) is 8.42 Å². The van der Waals surface area contributed by atoms with Crippen molar-refractivity contribution in [3.8, 4) is 0 Å². The second-order valence-electron chi connectivity index (χ2n) is 2.67. The lowest BCUT2D eigenvalue weighted by Gasteiger charge is -2.07. The van der Waals surface area contributed by atoms with Crippen molar-refractivity contribution >= 4 is 32.0 Å². The average molecular weight is 281 g/mol. The molecule has 0 bridgehead atoms. The normalized spacial score (nSPS) is 11.4. The van der Waals surface area contributed by atoms with Crippen molar-refractivity contribution in [2.75, 3.05) is 5.43 Å². The molecule has 78 valence electrons. The van der Waals surface area contributed by atoms with Gasteiger partial charge in [0, 0.05) is 16.1 Å². The summed E-state index contributed by atoms with van der Waals surface area (Å²) in [5, 5.41) is 0. The van der Waals surface area contributed by atoms with E-state index in [0.29, 0.717) is 11.3 Å². The van der Waals surface area contributed by atoms with Crippen LogP contribution >= 0.6 is 16.1 Å². The molecule has 0 atom stereocenters. The zero-order valence-corrected chi connectivity index (χ0v) is 9.68. The fourth-order valence-corrected chi connectivity index (χ4v) is 1.77. The zero-order chi connectivity index (χ0) is 10.8. The summed E-state index contributed by atoms with van der Waals surface area (Å²) in [4.78, 5) is -0.116. The van der Waals surface area contributed by atoms with Gasteiger partial charge in [-0.15, -0.1) is 0 Å². The van der Waals surface area contributed by atoms with E-state index in [-0.39, 0.29) is 4.90 Å². The lowest BCUT2D eigenvalue weighted by atomic mass is 10.2. The number of rotatable bonds is 3. The van der Waals surface area contributed by atoms with E-state index in [4.69, 9.17) is 4.55 Å². The van der Waals surface area contributed by atoms with E-state index in [0.717, 1.165) is 0 Å². The Morgan fingerprint density at radius 2 is 2.07 bits per heavy atom. The molecule has 1 aromatic carbocycles. The van der Waals surface area contributed by atoms with Gasteiger partial charge >= 0.3 is 0 Å². The highest BCUT2D eigenvalue weighted by atomic mass is 79.9. The van der Waals surface area contributed by atoms with Crippen LogP contribution in [0.3, 0.4) is 0 Å². The van der Waals surface area contributed by atoms with Gasteiger partial charge in [-0.2, -0.15) is 12.9 Å². The van der Waals surface area contributed by atoms with Crippen molar-refractivity contribution in [3.63, 3.8) is 0 Å². The summed E-state index contributed by atoms with van der Waals surface area (Å²) in [6.45, 7) is 1.72. The zero-order valence-electron chi connectivity index (χ0n) is 7.28. The highest BCUT2D eigenvalue weighted by Crippen LogP contribution is 2.18. The van der Waals surface area contributed by atoms with Crippen LogP contribution in [0, 0.1) is 6.92 Å². The predicted octanol–water partition coefficient (Wildman–Crippen LogP) is 1.47. The fraction of sp³-hybridized carbons (Fsp3) is 0.143. The molecule has 0 aliphatic rings. The highest BCUT2D eigenvalue weighted by molar-refractivity contribution is 9.08. The number of hydrogen-bond donors (Lipinski definition) is 3. The van der Waals surface area contributed by atoms with Crippen molar-refractivity contribution in [2.45, 2.75) is 11.8 Å². The van der Waals surface area contributed by atoms with Gasteiger partial charge in [0.2, 0.25) is 0 Å². The lowest BCUT2D eigenvalue weighted by molar-refractivity contribution is 0.483. The molecule has 0 spiro atoms. The van der Waals surface area contributed by atoms with Crippen molar-refractivity contribution in [3.05, 3.63) is 23.8 Å². The van der Waals surface area contributed by atoms with E-state index >= 15 is 0 Å². The molecule has 0 unspecified atom stereocenters. The van der Waals surface area contributed by atoms with Crippen LogP contribution in [0.5, 0.6) is 0 Å². The quantitative estimate of drug-likeness (QED) is 0.444. The molecular weight excluding hydrogens is 272 g/mol. The summed E-state index contributed by atoms with van der Waals surface area (Å²) in [6, 6.07) is 4.24. The van der Waals surface area contributed by atoms with E-state index < -0.39 is 10.1 Å². The van der Waals surface area contributed by atoms with Crippen LogP contribution in [0.15, 0.2) is 23.1 Å². The van der Waals surface area contributed by atoms with Gasteiger partial charge in [-0.3, -0.25) is 4.55 Å². The first-order valence-electron chi connectivity index (χ1n) is 3.65. The molecule has 0 saturated heterocycles. The number of nitrogens with one attached hydrogen (secondary N) is 2. The molecule has 5 nitrogen and oxygen atoms in total. The number of anilines is 1. The van der Waals surface area contributed by atoms with Gasteiger partial charge in [-0.25, -0.2) is 0 Å². The van der Waals surface area contributed by atoms with E-state index in [1.165, 1.54) is 12.1 Å². The predicted molar refractivity (Wildman–Crippen MR) is 56.7 cm³/mol. The summed E-state index contributed by atoms with van der Waals surface area (Å²) >= 11 is 2.95. The number of aryl methyl sites for hydroxylation is 1. The van der Waals surface area contributed by atoms with Crippen LogP contribution in [0.1, 0.15) is 5.56 Å². The lowest BCUT2D eigenvalue weighted by Crippen LogP contribution is -2.09. The maximum Gasteiger partial charge on any atom is 0.294 e. The van der Waals surface area contributed by atoms with Crippen molar-refractivity contribution in [1.29, 1.82) is 0 Å². The Balaban J connectivity index is 3.13. The smallest absolute Gasteiger partial charge is 0.294 e. The van der Waals surface area contributed by atoms with E-state index in [2.05, 4.69) is 26.0 Å². The van der Waals surface area contributed by atoms with Gasteiger partial charge in [0.15, 0.2) is 0 Å². The number of halogens is 1. The van der Waals surface area contributed by atoms with Crippen molar-refractivity contribution in [1.82, 2.24) is 4.45 Å². The van der Waals surface area contributed by atoms with Crippen LogP contribution in [0.25, 0.3) is 0 Å². The SMILES string of the molecule is Cc1cc(S(=O)(=O)O)ccc1NNBr. The third kappa shape index (κ3) is 2.68. The summed E-state index contributed by atoms with van der Waals surface area (Å²) in [5.74, 6) is 0. The summed E-state index contributed by atoms with van der Waals surface area (Å²) in [6.07, 6.45) is 0. The summed E-state index contributed by atoms with van der Waals surface area (Å²) in [7, 11) is -4.12. The Hall–Kier alpha value is -0.630. The van der Waals surface area contributed by atoms with E-state index in [1.54, 1.807) is 13.0 Å². The largest absolute Gasteiger partial charge is 0.311 e. The number of benzene rings is 1. The van der Waals surface area contributed by atoms with Crippen LogP contribution in [-0.2, 0) is 10.1 Å². The second-order valence-corrected chi connectivity index (χ2v) is 4.49. The van der Waals surface area contributed by atoms with Gasteiger partial charge in [0.25, 0.3) is 10.1 Å². The maximum atomic E-state index is 10.8. The fourth-order valence-electron chi connectivity index (χ4n) is 0.988. The topological polar surface area (TPSA) is 78.4 Å². The maximum absolute atomic E-state index is 10.8. The Morgan fingerprint density at radius 1 is 1.43 bits per heavy atom. The molecule has 1 aromatic rings. The molecule has 0 aromatic heterocycles. The highest BCUT2D eigenvalue weighted by Gasteiger charge is 2.10. The molecule has 1 rings (SSSR count). The van der Waals surface area contributed by atoms with Gasteiger partial charge in [-0.05, 0) is 30.7 Å². The minimum atomic E-state index is -4.12. The minimum absolute atomic E-state index is 0.116. The monoisotopic (exact) mass is 280 g/mol. The third-order valence-corrected chi connectivity index (χ3v) is 2.73. The first-order chi connectivity index (χ1) is 6.45. The minimum Gasteiger partial charge on any atom is -0.311 e. The first-order valence-corrected chi connectivity index (χ1v) is 5.88. The third-order valence-electron chi connectivity index (χ3n) is 1.68. The molecule has 3 N–H and O–H groups in total. The molecule has 14 heavy (non-hydrogen) atoms. The molecule has 0 radical (unpaired) electrons. The average Bonchev–Trinajstić information content (AvgIpc) is 2.07. The molecule has 0 aliphatic carbocycles. The molecule has 7 heteroatoms. The summed E-state index contributed by atoms with van der Waals surface area (Å²) in [5.41, 5.74) is 4.16. The number of hydrazine groups is 1. The van der Waals surface area contributed by atoms with Crippen molar-refractivity contribution in [2.24, 2.45) is 0 Å². The van der Waals surface area contributed by atoms with Gasteiger partial charge < -0.3 is 5.43 Å². The van der Waals surface area contributed by atoms with Gasteiger partial charge in [0.1, 0.15) is 0 Å². The number of hydrogen-bond acceptors (Lipinski definition) is 4.